The molecule has 0 amide bonds. The number of anilines is 1. The number of nitrogens with zero attached hydrogens (tertiary/aromatic N) is 3. The van der Waals surface area contributed by atoms with Crippen LogP contribution in [0.15, 0.2) is 18.2 Å². The minimum absolute atomic E-state index is 0.313. The van der Waals surface area contributed by atoms with Gasteiger partial charge in [-0.3, -0.25) is 0 Å². The summed E-state index contributed by atoms with van der Waals surface area (Å²) in [5.41, 5.74) is 7.75. The van der Waals surface area contributed by atoms with Gasteiger partial charge in [-0.15, -0.1) is 5.10 Å². The SMILES string of the molecule is CCCc1c(N)nnn1-c1ccc(C)cc1F. The molecule has 90 valence electrons. The van der Waals surface area contributed by atoms with Gasteiger partial charge in [-0.05, 0) is 31.0 Å². The summed E-state index contributed by atoms with van der Waals surface area (Å²) in [4.78, 5) is 0. The number of halogens is 1. The maximum atomic E-state index is 13.8. The van der Waals surface area contributed by atoms with Crippen LogP contribution in [0.2, 0.25) is 0 Å². The molecule has 0 spiro atoms. The zero-order valence-corrected chi connectivity index (χ0v) is 9.94. The van der Waals surface area contributed by atoms with Crippen LogP contribution < -0.4 is 5.73 Å². The van der Waals surface area contributed by atoms with Crippen LogP contribution in [-0.2, 0) is 6.42 Å². The zero-order valence-electron chi connectivity index (χ0n) is 9.94. The number of rotatable bonds is 3. The van der Waals surface area contributed by atoms with Gasteiger partial charge in [0.2, 0.25) is 0 Å². The summed E-state index contributed by atoms with van der Waals surface area (Å²) in [6.07, 6.45) is 1.64. The Hall–Kier alpha value is -1.91. The molecule has 0 aliphatic heterocycles. The van der Waals surface area contributed by atoms with E-state index >= 15 is 0 Å². The van der Waals surface area contributed by atoms with E-state index in [-0.39, 0.29) is 5.82 Å². The summed E-state index contributed by atoms with van der Waals surface area (Å²) in [6.45, 7) is 3.87. The standard InChI is InChI=1S/C12H15FN4/c1-3-4-11-12(14)15-16-17(11)10-6-5-8(2)7-9(10)13/h5-7H,3-4,14H2,1-2H3. The quantitative estimate of drug-likeness (QED) is 0.886. The number of aromatic nitrogens is 3. The average Bonchev–Trinajstić information content (AvgIpc) is 2.62. The molecule has 0 aliphatic carbocycles. The molecule has 1 heterocycles. The minimum Gasteiger partial charge on any atom is -0.381 e. The molecule has 0 radical (unpaired) electrons. The molecule has 0 saturated carbocycles. The molecule has 0 bridgehead atoms. The number of benzene rings is 1. The molecule has 4 nitrogen and oxygen atoms in total. The highest BCUT2D eigenvalue weighted by atomic mass is 19.1. The fraction of sp³-hybridized carbons (Fsp3) is 0.333. The first-order valence-electron chi connectivity index (χ1n) is 5.60. The minimum atomic E-state index is -0.313. The van der Waals surface area contributed by atoms with Crippen LogP contribution in [0.25, 0.3) is 5.69 Å². The van der Waals surface area contributed by atoms with Crippen LogP contribution in [0.3, 0.4) is 0 Å². The first-order chi connectivity index (χ1) is 8.13. The Bertz CT molecular complexity index is 533. The topological polar surface area (TPSA) is 56.7 Å². The lowest BCUT2D eigenvalue weighted by atomic mass is 10.2. The Labute approximate surface area is 99.2 Å². The van der Waals surface area contributed by atoms with Gasteiger partial charge in [0.05, 0.1) is 5.69 Å². The monoisotopic (exact) mass is 234 g/mol. The van der Waals surface area contributed by atoms with Crippen molar-refractivity contribution in [2.24, 2.45) is 0 Å². The summed E-state index contributed by atoms with van der Waals surface area (Å²) in [5.74, 6) is 0.0547. The van der Waals surface area contributed by atoms with Crippen LogP contribution >= 0.6 is 0 Å². The van der Waals surface area contributed by atoms with Gasteiger partial charge in [-0.2, -0.15) is 0 Å². The Morgan fingerprint density at radius 3 is 2.82 bits per heavy atom. The molecule has 0 atom stereocenters. The van der Waals surface area contributed by atoms with Crippen LogP contribution in [0.1, 0.15) is 24.6 Å². The molecule has 0 unspecified atom stereocenters. The van der Waals surface area contributed by atoms with Gasteiger partial charge >= 0.3 is 0 Å². The predicted molar refractivity (Wildman–Crippen MR) is 64.5 cm³/mol. The van der Waals surface area contributed by atoms with Crippen molar-refractivity contribution < 1.29 is 4.39 Å². The molecule has 17 heavy (non-hydrogen) atoms. The van der Waals surface area contributed by atoms with Crippen molar-refractivity contribution in [1.29, 1.82) is 0 Å². The van der Waals surface area contributed by atoms with Gasteiger partial charge in [-0.25, -0.2) is 9.07 Å². The van der Waals surface area contributed by atoms with E-state index in [1.807, 2.05) is 19.9 Å². The maximum absolute atomic E-state index is 13.8. The van der Waals surface area contributed by atoms with Crippen molar-refractivity contribution in [3.05, 3.63) is 35.3 Å². The summed E-state index contributed by atoms with van der Waals surface area (Å²) < 4.78 is 15.3. The lowest BCUT2D eigenvalue weighted by Gasteiger charge is -2.07. The van der Waals surface area contributed by atoms with E-state index in [1.54, 1.807) is 6.07 Å². The second-order valence-corrected chi connectivity index (χ2v) is 4.04. The van der Waals surface area contributed by atoms with E-state index in [4.69, 9.17) is 5.73 Å². The normalized spacial score (nSPS) is 10.8. The smallest absolute Gasteiger partial charge is 0.169 e. The molecule has 0 fully saturated rings. The van der Waals surface area contributed by atoms with Crippen molar-refractivity contribution in [3.63, 3.8) is 0 Å². The van der Waals surface area contributed by atoms with Crippen molar-refractivity contribution in [3.8, 4) is 5.69 Å². The van der Waals surface area contributed by atoms with Crippen LogP contribution in [-0.4, -0.2) is 15.0 Å². The Balaban J connectivity index is 2.52. The molecule has 2 N–H and O–H groups in total. The van der Waals surface area contributed by atoms with E-state index in [9.17, 15) is 4.39 Å². The van der Waals surface area contributed by atoms with E-state index < -0.39 is 0 Å². The van der Waals surface area contributed by atoms with Crippen molar-refractivity contribution in [1.82, 2.24) is 15.0 Å². The van der Waals surface area contributed by atoms with Gasteiger partial charge in [0.1, 0.15) is 11.5 Å². The van der Waals surface area contributed by atoms with Crippen molar-refractivity contribution in [2.45, 2.75) is 26.7 Å². The fourth-order valence-electron chi connectivity index (χ4n) is 1.76. The molecule has 1 aromatic carbocycles. The van der Waals surface area contributed by atoms with Gasteiger partial charge in [0.25, 0.3) is 0 Å². The van der Waals surface area contributed by atoms with E-state index in [0.29, 0.717) is 11.5 Å². The van der Waals surface area contributed by atoms with E-state index in [1.165, 1.54) is 10.7 Å². The number of hydrogen-bond acceptors (Lipinski definition) is 3. The summed E-state index contributed by atoms with van der Waals surface area (Å²) in [5, 5.41) is 7.70. The number of aryl methyl sites for hydroxylation is 1. The largest absolute Gasteiger partial charge is 0.381 e. The van der Waals surface area contributed by atoms with Crippen LogP contribution in [0.4, 0.5) is 10.2 Å². The molecule has 2 rings (SSSR count). The molecular formula is C12H15FN4. The third-order valence-corrected chi connectivity index (χ3v) is 2.61. The van der Waals surface area contributed by atoms with Crippen LogP contribution in [0, 0.1) is 12.7 Å². The molecule has 1 aromatic heterocycles. The molecule has 2 aromatic rings. The highest BCUT2D eigenvalue weighted by Gasteiger charge is 2.13. The molecule has 0 aliphatic rings. The second-order valence-electron chi connectivity index (χ2n) is 4.04. The third kappa shape index (κ3) is 2.13. The number of nitrogens with two attached hydrogens (primary N) is 1. The first kappa shape index (κ1) is 11.6. The summed E-state index contributed by atoms with van der Waals surface area (Å²) in [7, 11) is 0. The summed E-state index contributed by atoms with van der Waals surface area (Å²) >= 11 is 0. The third-order valence-electron chi connectivity index (χ3n) is 2.61. The first-order valence-corrected chi connectivity index (χ1v) is 5.60. The predicted octanol–water partition coefficient (Wildman–Crippen LogP) is 2.25. The second kappa shape index (κ2) is 4.53. The van der Waals surface area contributed by atoms with Crippen molar-refractivity contribution >= 4 is 5.82 Å². The highest BCUT2D eigenvalue weighted by Crippen LogP contribution is 2.19. The highest BCUT2D eigenvalue weighted by molar-refractivity contribution is 5.42. The molecule has 0 saturated heterocycles. The molecule has 5 heteroatoms. The fourth-order valence-corrected chi connectivity index (χ4v) is 1.76. The van der Waals surface area contributed by atoms with Gasteiger partial charge in [0.15, 0.2) is 5.82 Å². The van der Waals surface area contributed by atoms with Gasteiger partial charge < -0.3 is 5.73 Å². The average molecular weight is 234 g/mol. The van der Waals surface area contributed by atoms with Crippen LogP contribution in [0.5, 0.6) is 0 Å². The Kier molecular flexibility index (Phi) is 3.08. The van der Waals surface area contributed by atoms with E-state index in [2.05, 4.69) is 10.3 Å². The lowest BCUT2D eigenvalue weighted by Crippen LogP contribution is -2.06. The number of hydrogen-bond donors (Lipinski definition) is 1. The van der Waals surface area contributed by atoms with E-state index in [0.717, 1.165) is 24.1 Å². The zero-order chi connectivity index (χ0) is 12.4. The van der Waals surface area contributed by atoms with Crippen molar-refractivity contribution in [2.75, 3.05) is 5.73 Å². The van der Waals surface area contributed by atoms with Gasteiger partial charge in [-0.1, -0.05) is 24.6 Å². The summed E-state index contributed by atoms with van der Waals surface area (Å²) in [6, 6.07) is 5.01. The Morgan fingerprint density at radius 1 is 1.41 bits per heavy atom. The van der Waals surface area contributed by atoms with Gasteiger partial charge in [0, 0.05) is 0 Å². The maximum Gasteiger partial charge on any atom is 0.169 e. The number of nitrogen functional groups attached to an aromatic ring is 1. The Morgan fingerprint density at radius 2 is 2.18 bits per heavy atom. The molecular weight excluding hydrogens is 219 g/mol. The lowest BCUT2D eigenvalue weighted by molar-refractivity contribution is 0.600.